The molecule has 0 aromatic carbocycles. The fraction of sp³-hybridized carbons (Fsp3) is 0.900. The molecule has 4 aliphatic rings. The molecular formula is C20H32O2. The molecule has 3 saturated carbocycles. The fourth-order valence-corrected chi connectivity index (χ4v) is 7.38. The Hall–Kier alpha value is -0.340. The predicted molar refractivity (Wildman–Crippen MR) is 88.3 cm³/mol. The van der Waals surface area contributed by atoms with Gasteiger partial charge in [-0.05, 0) is 61.2 Å². The monoisotopic (exact) mass is 304 g/mol. The lowest BCUT2D eigenvalue weighted by Crippen LogP contribution is -2.61. The minimum atomic E-state index is -0.224. The number of hydrogen-bond acceptors (Lipinski definition) is 2. The van der Waals surface area contributed by atoms with E-state index < -0.39 is 0 Å². The van der Waals surface area contributed by atoms with Gasteiger partial charge in [-0.25, -0.2) is 0 Å². The molecule has 3 fully saturated rings. The lowest BCUT2D eigenvalue weighted by molar-refractivity contribution is -0.192. The molecule has 2 heteroatoms. The van der Waals surface area contributed by atoms with Gasteiger partial charge in [0.05, 0.1) is 12.7 Å². The third kappa shape index (κ3) is 1.69. The summed E-state index contributed by atoms with van der Waals surface area (Å²) in [4.78, 5) is 0. The molecule has 4 rings (SSSR count). The first-order valence-electron chi connectivity index (χ1n) is 9.27. The largest absolute Gasteiger partial charge is 0.395 e. The van der Waals surface area contributed by atoms with Gasteiger partial charge in [0.2, 0.25) is 0 Å². The average molecular weight is 304 g/mol. The number of rotatable bonds is 1. The number of fused-ring (bicyclic) bond motifs is 3. The van der Waals surface area contributed by atoms with E-state index in [4.69, 9.17) is 0 Å². The van der Waals surface area contributed by atoms with E-state index in [0.29, 0.717) is 22.7 Å². The molecule has 0 aromatic rings. The third-order valence-corrected chi connectivity index (χ3v) is 8.45. The van der Waals surface area contributed by atoms with Gasteiger partial charge in [0.1, 0.15) is 0 Å². The van der Waals surface area contributed by atoms with Crippen molar-refractivity contribution in [1.82, 2.24) is 0 Å². The zero-order valence-corrected chi connectivity index (χ0v) is 14.4. The Bertz CT molecular complexity index is 510. The Morgan fingerprint density at radius 3 is 2.55 bits per heavy atom. The predicted octanol–water partition coefficient (Wildman–Crippen LogP) is 3.92. The van der Waals surface area contributed by atoms with Crippen molar-refractivity contribution in [3.05, 3.63) is 12.2 Å². The van der Waals surface area contributed by atoms with Crippen LogP contribution < -0.4 is 0 Å². The van der Waals surface area contributed by atoms with E-state index in [2.05, 4.69) is 32.9 Å². The Balaban J connectivity index is 1.77. The van der Waals surface area contributed by atoms with Gasteiger partial charge in [-0.15, -0.1) is 0 Å². The smallest absolute Gasteiger partial charge is 0.0637 e. The van der Waals surface area contributed by atoms with Gasteiger partial charge >= 0.3 is 0 Å². The highest BCUT2D eigenvalue weighted by atomic mass is 16.3. The molecule has 6 atom stereocenters. The van der Waals surface area contributed by atoms with Gasteiger partial charge in [-0.3, -0.25) is 0 Å². The van der Waals surface area contributed by atoms with Crippen molar-refractivity contribution in [2.75, 3.05) is 6.61 Å². The molecule has 124 valence electrons. The third-order valence-electron chi connectivity index (χ3n) is 8.45. The molecule has 2 bridgehead atoms. The van der Waals surface area contributed by atoms with Crippen molar-refractivity contribution < 1.29 is 10.2 Å². The van der Waals surface area contributed by atoms with Gasteiger partial charge in [-0.1, -0.05) is 39.3 Å². The van der Waals surface area contributed by atoms with Crippen LogP contribution >= 0.6 is 0 Å². The number of aliphatic hydroxyl groups excluding tert-OH is 2. The molecule has 0 radical (unpaired) electrons. The lowest BCUT2D eigenvalue weighted by Gasteiger charge is -2.65. The average Bonchev–Trinajstić information content (AvgIpc) is 2.76. The molecule has 2 N–H and O–H groups in total. The van der Waals surface area contributed by atoms with Gasteiger partial charge in [0.15, 0.2) is 0 Å². The highest BCUT2D eigenvalue weighted by molar-refractivity contribution is 5.28. The molecule has 0 heterocycles. The molecule has 0 unspecified atom stereocenters. The maximum absolute atomic E-state index is 11.1. The van der Waals surface area contributed by atoms with Crippen LogP contribution in [0.2, 0.25) is 0 Å². The zero-order valence-electron chi connectivity index (χ0n) is 14.4. The maximum Gasteiger partial charge on any atom is 0.0637 e. The van der Waals surface area contributed by atoms with Gasteiger partial charge in [0, 0.05) is 10.8 Å². The summed E-state index contributed by atoms with van der Waals surface area (Å²) in [5.74, 6) is 1.22. The summed E-state index contributed by atoms with van der Waals surface area (Å²) in [7, 11) is 0. The van der Waals surface area contributed by atoms with Crippen molar-refractivity contribution in [3.8, 4) is 0 Å². The minimum absolute atomic E-state index is 0.0368. The van der Waals surface area contributed by atoms with E-state index >= 15 is 0 Å². The summed E-state index contributed by atoms with van der Waals surface area (Å²) in [6, 6.07) is 0. The topological polar surface area (TPSA) is 40.5 Å². The molecule has 4 aliphatic carbocycles. The standard InChI is InChI=1S/C20H32O2/c1-17(2)6-4-7-18(3)14-5-8-19(13-21)9-10-20(14,12-19)16(22)11-15(17)18/h9-10,14-16,21-22H,4-8,11-13H2,1-3H3/t14-,15+,16-,18-,19-,20+/m1/s1. The first-order valence-corrected chi connectivity index (χ1v) is 9.27. The highest BCUT2D eigenvalue weighted by Gasteiger charge is 2.66. The van der Waals surface area contributed by atoms with E-state index in [-0.39, 0.29) is 23.5 Å². The van der Waals surface area contributed by atoms with E-state index in [1.54, 1.807) is 0 Å². The summed E-state index contributed by atoms with van der Waals surface area (Å²) in [6.07, 6.45) is 12.5. The van der Waals surface area contributed by atoms with E-state index in [1.165, 1.54) is 25.7 Å². The van der Waals surface area contributed by atoms with Crippen LogP contribution in [0, 0.1) is 33.5 Å². The highest BCUT2D eigenvalue weighted by Crippen LogP contribution is 2.71. The number of hydrogen-bond donors (Lipinski definition) is 2. The Kier molecular flexibility index (Phi) is 3.03. The van der Waals surface area contributed by atoms with Crippen molar-refractivity contribution in [1.29, 1.82) is 0 Å². The Labute approximate surface area is 135 Å². The summed E-state index contributed by atoms with van der Waals surface area (Å²) in [6.45, 7) is 7.61. The second-order valence-electron chi connectivity index (χ2n) is 9.89. The van der Waals surface area contributed by atoms with Gasteiger partial charge in [0.25, 0.3) is 0 Å². The minimum Gasteiger partial charge on any atom is -0.395 e. The van der Waals surface area contributed by atoms with Crippen molar-refractivity contribution in [2.45, 2.75) is 71.8 Å². The lowest BCUT2D eigenvalue weighted by atomic mass is 9.40. The first-order chi connectivity index (χ1) is 10.3. The van der Waals surface area contributed by atoms with Crippen LogP contribution in [-0.2, 0) is 0 Å². The van der Waals surface area contributed by atoms with Crippen LogP contribution in [-0.4, -0.2) is 22.9 Å². The quantitative estimate of drug-likeness (QED) is 0.721. The van der Waals surface area contributed by atoms with Crippen molar-refractivity contribution >= 4 is 0 Å². The zero-order chi connectivity index (χ0) is 15.8. The first kappa shape index (κ1) is 15.2. The summed E-state index contributed by atoms with van der Waals surface area (Å²) in [5.41, 5.74) is 0.616. The van der Waals surface area contributed by atoms with Crippen LogP contribution in [0.1, 0.15) is 65.7 Å². The van der Waals surface area contributed by atoms with Gasteiger partial charge in [-0.2, -0.15) is 0 Å². The SMILES string of the molecule is CC1(C)CCC[C@]2(C)[C@H]3CC[C@@]4(CO)C=C[C@@]3(C4)[C@H](O)C[C@@H]12. The van der Waals surface area contributed by atoms with Crippen molar-refractivity contribution in [3.63, 3.8) is 0 Å². The molecule has 0 amide bonds. The molecule has 2 nitrogen and oxygen atoms in total. The molecule has 0 aromatic heterocycles. The summed E-state index contributed by atoms with van der Waals surface area (Å²) < 4.78 is 0. The normalized spacial score (nSPS) is 55.6. The molecule has 0 aliphatic heterocycles. The fourth-order valence-electron chi connectivity index (χ4n) is 7.38. The second-order valence-corrected chi connectivity index (χ2v) is 9.89. The Morgan fingerprint density at radius 1 is 1.05 bits per heavy atom. The summed E-state index contributed by atoms with van der Waals surface area (Å²) in [5, 5.41) is 21.0. The number of aliphatic hydroxyl groups is 2. The van der Waals surface area contributed by atoms with Crippen LogP contribution in [0.4, 0.5) is 0 Å². The maximum atomic E-state index is 11.1. The van der Waals surface area contributed by atoms with E-state index in [1.807, 2.05) is 0 Å². The second kappa shape index (κ2) is 4.39. The van der Waals surface area contributed by atoms with Crippen LogP contribution in [0.5, 0.6) is 0 Å². The Morgan fingerprint density at radius 2 is 1.82 bits per heavy atom. The summed E-state index contributed by atoms with van der Waals surface area (Å²) >= 11 is 0. The molecular weight excluding hydrogens is 272 g/mol. The van der Waals surface area contributed by atoms with E-state index in [9.17, 15) is 10.2 Å². The molecule has 22 heavy (non-hydrogen) atoms. The van der Waals surface area contributed by atoms with Gasteiger partial charge < -0.3 is 10.2 Å². The van der Waals surface area contributed by atoms with Crippen LogP contribution in [0.3, 0.4) is 0 Å². The molecule has 1 spiro atoms. The van der Waals surface area contributed by atoms with Crippen LogP contribution in [0.15, 0.2) is 12.2 Å². The van der Waals surface area contributed by atoms with Crippen molar-refractivity contribution in [2.24, 2.45) is 33.5 Å². The molecule has 0 saturated heterocycles. The van der Waals surface area contributed by atoms with Crippen LogP contribution in [0.25, 0.3) is 0 Å². The van der Waals surface area contributed by atoms with E-state index in [0.717, 1.165) is 19.3 Å².